The molecule has 0 saturated carbocycles. The maximum atomic E-state index is 12.3. The van der Waals surface area contributed by atoms with E-state index in [4.69, 9.17) is 0 Å². The van der Waals surface area contributed by atoms with E-state index < -0.39 is 0 Å². The molecule has 1 aromatic heterocycles. The number of nitrogens with zero attached hydrogens (tertiary/aromatic N) is 3. The SMILES string of the molecule is Cc1cc(C(=O)N2CCC(C)C2CO)n(C)n1. The zero-order chi connectivity index (χ0) is 12.6. The van der Waals surface area contributed by atoms with Crippen LogP contribution in [0.25, 0.3) is 0 Å². The normalized spacial score (nSPS) is 24.4. The third-order valence-corrected chi connectivity index (χ3v) is 3.55. The first kappa shape index (κ1) is 12.1. The highest BCUT2D eigenvalue weighted by atomic mass is 16.3. The highest BCUT2D eigenvalue weighted by Gasteiger charge is 2.35. The van der Waals surface area contributed by atoms with Gasteiger partial charge in [0, 0.05) is 13.6 Å². The molecular formula is C12H19N3O2. The Labute approximate surface area is 101 Å². The Morgan fingerprint density at radius 2 is 2.35 bits per heavy atom. The minimum Gasteiger partial charge on any atom is -0.394 e. The lowest BCUT2D eigenvalue weighted by molar-refractivity contribution is 0.0637. The van der Waals surface area contributed by atoms with Gasteiger partial charge in [0.1, 0.15) is 5.69 Å². The van der Waals surface area contributed by atoms with Crippen LogP contribution in [-0.4, -0.2) is 44.9 Å². The number of amides is 1. The third kappa shape index (κ3) is 2.07. The Hall–Kier alpha value is -1.36. The fourth-order valence-corrected chi connectivity index (χ4v) is 2.50. The summed E-state index contributed by atoms with van der Waals surface area (Å²) in [5, 5.41) is 13.5. The van der Waals surface area contributed by atoms with Gasteiger partial charge in [-0.05, 0) is 25.3 Å². The topological polar surface area (TPSA) is 58.4 Å². The molecule has 1 aliphatic heterocycles. The lowest BCUT2D eigenvalue weighted by atomic mass is 10.0. The zero-order valence-electron chi connectivity index (χ0n) is 10.6. The van der Waals surface area contributed by atoms with E-state index >= 15 is 0 Å². The molecular weight excluding hydrogens is 218 g/mol. The first-order valence-electron chi connectivity index (χ1n) is 5.97. The second-order valence-corrected chi connectivity index (χ2v) is 4.81. The fraction of sp³-hybridized carbons (Fsp3) is 0.667. The molecule has 94 valence electrons. The van der Waals surface area contributed by atoms with Crippen LogP contribution in [0.1, 0.15) is 29.5 Å². The molecule has 0 aromatic carbocycles. The number of carbonyl (C=O) groups is 1. The number of rotatable bonds is 2. The second-order valence-electron chi connectivity index (χ2n) is 4.81. The van der Waals surface area contributed by atoms with Gasteiger partial charge in [0.15, 0.2) is 0 Å². The molecule has 17 heavy (non-hydrogen) atoms. The van der Waals surface area contributed by atoms with Crippen molar-refractivity contribution in [2.75, 3.05) is 13.2 Å². The first-order valence-corrected chi connectivity index (χ1v) is 5.97. The fourth-order valence-electron chi connectivity index (χ4n) is 2.50. The minimum atomic E-state index is -0.0577. The van der Waals surface area contributed by atoms with Crippen LogP contribution >= 0.6 is 0 Å². The number of hydrogen-bond acceptors (Lipinski definition) is 3. The minimum absolute atomic E-state index is 0.0310. The van der Waals surface area contributed by atoms with E-state index in [1.165, 1.54) is 0 Å². The molecule has 1 fully saturated rings. The quantitative estimate of drug-likeness (QED) is 0.818. The van der Waals surface area contributed by atoms with Crippen molar-refractivity contribution in [2.45, 2.75) is 26.3 Å². The number of aliphatic hydroxyl groups excluding tert-OH is 1. The van der Waals surface area contributed by atoms with E-state index in [0.717, 1.165) is 18.7 Å². The van der Waals surface area contributed by atoms with Gasteiger partial charge in [0.05, 0.1) is 18.3 Å². The Morgan fingerprint density at radius 3 is 2.88 bits per heavy atom. The summed E-state index contributed by atoms with van der Waals surface area (Å²) in [5.41, 5.74) is 1.43. The van der Waals surface area contributed by atoms with Gasteiger partial charge in [-0.3, -0.25) is 9.48 Å². The van der Waals surface area contributed by atoms with Crippen LogP contribution < -0.4 is 0 Å². The molecule has 5 nitrogen and oxygen atoms in total. The second kappa shape index (κ2) is 4.49. The number of aromatic nitrogens is 2. The van der Waals surface area contributed by atoms with Gasteiger partial charge in [0.25, 0.3) is 5.91 Å². The smallest absolute Gasteiger partial charge is 0.272 e. The van der Waals surface area contributed by atoms with Crippen LogP contribution in [0.3, 0.4) is 0 Å². The van der Waals surface area contributed by atoms with E-state index in [1.807, 2.05) is 6.92 Å². The van der Waals surface area contributed by atoms with Crippen molar-refractivity contribution in [3.05, 3.63) is 17.5 Å². The summed E-state index contributed by atoms with van der Waals surface area (Å²) >= 11 is 0. The van der Waals surface area contributed by atoms with Crippen LogP contribution in [0.5, 0.6) is 0 Å². The zero-order valence-corrected chi connectivity index (χ0v) is 10.6. The van der Waals surface area contributed by atoms with Gasteiger partial charge in [-0.1, -0.05) is 6.92 Å². The lowest BCUT2D eigenvalue weighted by Crippen LogP contribution is -2.40. The Balaban J connectivity index is 2.23. The third-order valence-electron chi connectivity index (χ3n) is 3.55. The maximum absolute atomic E-state index is 12.3. The van der Waals surface area contributed by atoms with Gasteiger partial charge in [-0.2, -0.15) is 5.10 Å². The number of aryl methyl sites for hydroxylation is 2. The monoisotopic (exact) mass is 237 g/mol. The molecule has 5 heteroatoms. The van der Waals surface area contributed by atoms with Crippen molar-refractivity contribution < 1.29 is 9.90 Å². The van der Waals surface area contributed by atoms with Crippen LogP contribution in [-0.2, 0) is 7.05 Å². The summed E-state index contributed by atoms with van der Waals surface area (Å²) in [6.45, 7) is 4.69. The largest absolute Gasteiger partial charge is 0.394 e. The van der Waals surface area contributed by atoms with E-state index in [-0.39, 0.29) is 18.6 Å². The summed E-state index contributed by atoms with van der Waals surface area (Å²) in [6, 6.07) is 1.73. The molecule has 2 unspecified atom stereocenters. The van der Waals surface area contributed by atoms with Crippen molar-refractivity contribution >= 4 is 5.91 Å². The standard InChI is InChI=1S/C12H19N3O2/c1-8-4-5-15(11(8)7-16)12(17)10-6-9(2)13-14(10)3/h6,8,11,16H,4-5,7H2,1-3H3. The number of hydrogen-bond donors (Lipinski definition) is 1. The average Bonchev–Trinajstić information content (AvgIpc) is 2.80. The number of carbonyl (C=O) groups excluding carboxylic acids is 1. The summed E-state index contributed by atoms with van der Waals surface area (Å²) in [7, 11) is 1.77. The number of aliphatic hydroxyl groups is 1. The molecule has 1 N–H and O–H groups in total. The number of likely N-dealkylation sites (tertiary alicyclic amines) is 1. The molecule has 0 spiro atoms. The van der Waals surface area contributed by atoms with Crippen molar-refractivity contribution in [1.82, 2.24) is 14.7 Å². The Kier molecular flexibility index (Phi) is 3.19. The average molecular weight is 237 g/mol. The predicted molar refractivity (Wildman–Crippen MR) is 63.6 cm³/mol. The molecule has 0 radical (unpaired) electrons. The molecule has 2 atom stereocenters. The Morgan fingerprint density at radius 1 is 1.65 bits per heavy atom. The molecule has 1 amide bonds. The first-order chi connectivity index (χ1) is 8.04. The molecule has 1 aromatic rings. The van der Waals surface area contributed by atoms with Gasteiger partial charge >= 0.3 is 0 Å². The molecule has 2 heterocycles. The molecule has 1 saturated heterocycles. The van der Waals surface area contributed by atoms with E-state index in [1.54, 1.807) is 22.7 Å². The molecule has 0 bridgehead atoms. The summed E-state index contributed by atoms with van der Waals surface area (Å²) in [5.74, 6) is 0.328. The predicted octanol–water partition coefficient (Wildman–Crippen LogP) is 0.571. The molecule has 2 rings (SSSR count). The van der Waals surface area contributed by atoms with E-state index in [9.17, 15) is 9.90 Å². The van der Waals surface area contributed by atoms with Crippen LogP contribution in [0, 0.1) is 12.8 Å². The van der Waals surface area contributed by atoms with Crippen molar-refractivity contribution in [1.29, 1.82) is 0 Å². The summed E-state index contributed by atoms with van der Waals surface area (Å²) < 4.78 is 1.61. The van der Waals surface area contributed by atoms with Crippen molar-refractivity contribution in [2.24, 2.45) is 13.0 Å². The van der Waals surface area contributed by atoms with Gasteiger partial charge in [-0.15, -0.1) is 0 Å². The highest BCUT2D eigenvalue weighted by molar-refractivity contribution is 5.93. The van der Waals surface area contributed by atoms with Crippen molar-refractivity contribution in [3.8, 4) is 0 Å². The van der Waals surface area contributed by atoms with Crippen molar-refractivity contribution in [3.63, 3.8) is 0 Å². The summed E-state index contributed by atoms with van der Waals surface area (Å²) in [4.78, 5) is 14.1. The Bertz CT molecular complexity index is 427. The van der Waals surface area contributed by atoms with E-state index in [0.29, 0.717) is 11.6 Å². The highest BCUT2D eigenvalue weighted by Crippen LogP contribution is 2.25. The maximum Gasteiger partial charge on any atom is 0.272 e. The summed E-state index contributed by atoms with van der Waals surface area (Å²) in [6.07, 6.45) is 0.952. The molecule has 0 aliphatic carbocycles. The van der Waals surface area contributed by atoms with Gasteiger partial charge in [-0.25, -0.2) is 0 Å². The van der Waals surface area contributed by atoms with Gasteiger partial charge in [0.2, 0.25) is 0 Å². The van der Waals surface area contributed by atoms with Gasteiger partial charge < -0.3 is 10.0 Å². The van der Waals surface area contributed by atoms with Crippen LogP contribution in [0.4, 0.5) is 0 Å². The molecule has 1 aliphatic rings. The van der Waals surface area contributed by atoms with Crippen LogP contribution in [0.2, 0.25) is 0 Å². The van der Waals surface area contributed by atoms with E-state index in [2.05, 4.69) is 12.0 Å². The van der Waals surface area contributed by atoms with Crippen LogP contribution in [0.15, 0.2) is 6.07 Å². The lowest BCUT2D eigenvalue weighted by Gasteiger charge is -2.25.